The van der Waals surface area contributed by atoms with Crippen LogP contribution in [0, 0.1) is 32.5 Å². The van der Waals surface area contributed by atoms with Crippen molar-refractivity contribution in [1.82, 2.24) is 29.4 Å². The van der Waals surface area contributed by atoms with Gasteiger partial charge in [0, 0.05) is 158 Å². The summed E-state index contributed by atoms with van der Waals surface area (Å²) in [5.74, 6) is 4.90. The lowest BCUT2D eigenvalue weighted by molar-refractivity contribution is 0.240. The van der Waals surface area contributed by atoms with E-state index in [1.54, 1.807) is 61.2 Å². The predicted octanol–water partition coefficient (Wildman–Crippen LogP) is 31.1. The predicted molar refractivity (Wildman–Crippen MR) is 600 cm³/mol. The van der Waals surface area contributed by atoms with Gasteiger partial charge in [-0.05, 0) is 290 Å². The summed E-state index contributed by atoms with van der Waals surface area (Å²) >= 11 is 6.43. The number of likely N-dealkylation sites (tertiary alicyclic amines) is 6. The fraction of sp³-hybridized carbons (Fsp3) is 0.407. The van der Waals surface area contributed by atoms with Crippen LogP contribution in [0.4, 0.5) is 0 Å². The molecule has 7 fully saturated rings. The summed E-state index contributed by atoms with van der Waals surface area (Å²) in [6, 6.07) is 107. The first kappa shape index (κ1) is 99.0. The highest BCUT2D eigenvalue weighted by Gasteiger charge is 2.53. The number of benzene rings is 12. The lowest BCUT2D eigenvalue weighted by Crippen LogP contribution is -2.31. The van der Waals surface area contributed by atoms with Gasteiger partial charge in [-0.1, -0.05) is 387 Å². The summed E-state index contributed by atoms with van der Waals surface area (Å²) in [4.78, 5) is 16.0. The van der Waals surface area contributed by atoms with Crippen LogP contribution in [-0.2, 0) is 77.8 Å². The summed E-state index contributed by atoms with van der Waals surface area (Å²) in [6.45, 7) is 52.8. The highest BCUT2D eigenvalue weighted by Crippen LogP contribution is 2.59. The minimum absolute atomic E-state index is 0.395. The molecule has 6 aliphatic heterocycles. The summed E-state index contributed by atoms with van der Waals surface area (Å²) in [7, 11) is 0. The van der Waals surface area contributed by atoms with E-state index in [0.29, 0.717) is 62.1 Å². The smallest absolute Gasteiger partial charge is 0.0440 e. The quantitative estimate of drug-likeness (QED) is 0.0899. The molecule has 0 bridgehead atoms. The molecule has 142 heavy (non-hydrogen) atoms. The largest absolute Gasteiger partial charge is 0.298 e. The third kappa shape index (κ3) is 21.4. The number of rotatable bonds is 17. The third-order valence-electron chi connectivity index (χ3n) is 36.6. The Balaban J connectivity index is 0.000000104. The van der Waals surface area contributed by atoms with E-state index in [1.807, 2.05) is 6.07 Å². The Morgan fingerprint density at radius 2 is 0.486 bits per heavy atom. The first-order chi connectivity index (χ1) is 68.9. The minimum Gasteiger partial charge on any atom is -0.298 e. The zero-order chi connectivity index (χ0) is 97.9. The second-order valence-electron chi connectivity index (χ2n) is 47.3. The molecule has 12 aromatic carbocycles. The Morgan fingerprint density at radius 3 is 0.754 bits per heavy atom. The number of hydrogen-bond acceptors (Lipinski definition) is 6. The van der Waals surface area contributed by atoms with Crippen LogP contribution < -0.4 is 0 Å². The Labute approximate surface area is 858 Å². The zero-order valence-electron chi connectivity index (χ0n) is 87.2. The first-order valence-electron chi connectivity index (χ1n) is 54.4. The summed E-state index contributed by atoms with van der Waals surface area (Å²) in [5.41, 5.74) is 39.8. The maximum absolute atomic E-state index is 6.43. The molecular weight excluding hydrogens is 1740 g/mol. The highest BCUT2D eigenvalue weighted by molar-refractivity contribution is 6.31. The molecule has 734 valence electrons. The van der Waals surface area contributed by atoms with Crippen LogP contribution in [0.3, 0.4) is 0 Å². The second-order valence-corrected chi connectivity index (χ2v) is 47.7. The molecule has 6 heterocycles. The number of nitrogens with zero attached hydrogens (tertiary/aromatic N) is 6. The van der Waals surface area contributed by atoms with Crippen LogP contribution >= 0.6 is 11.6 Å². The average molecular weight is 1900 g/mol. The van der Waals surface area contributed by atoms with Crippen LogP contribution in [0.25, 0.3) is 23.3 Å². The summed E-state index contributed by atoms with van der Waals surface area (Å²) in [6.07, 6.45) is 26.8. The van der Waals surface area contributed by atoms with Crippen LogP contribution in [0.15, 0.2) is 316 Å². The number of hydrogen-bond donors (Lipinski definition) is 0. The Hall–Kier alpha value is -10.4. The van der Waals surface area contributed by atoms with Crippen molar-refractivity contribution in [3.63, 3.8) is 0 Å². The van der Waals surface area contributed by atoms with Crippen molar-refractivity contribution in [2.45, 2.75) is 240 Å². The van der Waals surface area contributed by atoms with Crippen molar-refractivity contribution in [1.29, 1.82) is 0 Å². The molecule has 0 radical (unpaired) electrons. The molecule has 13 aliphatic rings. The van der Waals surface area contributed by atoms with Gasteiger partial charge in [0.15, 0.2) is 0 Å². The molecule has 7 heteroatoms. The van der Waals surface area contributed by atoms with Crippen molar-refractivity contribution >= 4 is 34.9 Å². The van der Waals surface area contributed by atoms with Crippen molar-refractivity contribution in [3.8, 4) is 0 Å². The van der Waals surface area contributed by atoms with Crippen molar-refractivity contribution < 1.29 is 0 Å². The molecule has 12 aromatic rings. The number of allylic oxidation sites excluding steroid dienone is 4. The molecule has 0 aromatic heterocycles. The molecule has 12 atom stereocenters. The normalized spacial score (nSPS) is 27.0. The minimum atomic E-state index is 0.395. The molecular formula is C135H157ClN6. The summed E-state index contributed by atoms with van der Waals surface area (Å²) < 4.78 is 0. The molecule has 7 aliphatic carbocycles. The third-order valence-corrected chi connectivity index (χ3v) is 36.9. The molecule has 6 nitrogen and oxygen atoms in total. The van der Waals surface area contributed by atoms with E-state index in [2.05, 4.69) is 421 Å². The van der Waals surface area contributed by atoms with E-state index in [9.17, 15) is 0 Å². The standard InChI is InChI=1S/5C23H27N.C20H22ClN/c1-23-13-12-20-19(18-10-11-18)8-5-9-21(20)22(23)15-24(16-23)14-17-6-3-2-4-7-17;2*1-17(2)19-10-7-11-21-20(19)12-13-23(3)16-24(15-22(21)23)14-18-8-5-4-6-9-18;2*1-3-8-19-11-7-12-21-20(19)13-14-23(2)17-24(16-22(21)23)15-18-9-5-4-6-10-18;1-20-11-10-17-16(8-5-9-19(17)21)18(20)13-22(14-20)12-15-6-3-2-4-7-15/h2-9,18,22H,10-16H2,1H3;2*4-11,22H,1,12-16H2,2-3H3;2*3-12,22H,13-17H2,1-2H3;2-9,18H,10-14H2,1H3/b;;;2*8-3-;/t22-,23-;22-,23+;22-,23-;22-,23+;22-,23-;18-,20-/m010100/s1. The number of fused-ring (bicyclic) bond motifs is 18. The van der Waals surface area contributed by atoms with Gasteiger partial charge >= 0.3 is 0 Å². The van der Waals surface area contributed by atoms with Gasteiger partial charge in [-0.2, -0.15) is 0 Å². The van der Waals surface area contributed by atoms with E-state index in [1.165, 1.54) is 233 Å². The van der Waals surface area contributed by atoms with Gasteiger partial charge in [0.2, 0.25) is 0 Å². The molecule has 0 unspecified atom stereocenters. The Bertz CT molecular complexity index is 6200. The van der Waals surface area contributed by atoms with Crippen LogP contribution in [0.2, 0.25) is 5.02 Å². The first-order valence-corrected chi connectivity index (χ1v) is 54.8. The van der Waals surface area contributed by atoms with Gasteiger partial charge in [-0.15, -0.1) is 0 Å². The average Bonchev–Trinajstić information content (AvgIpc) is 1.54. The lowest BCUT2D eigenvalue weighted by atomic mass is 9.66. The van der Waals surface area contributed by atoms with Crippen molar-refractivity contribution in [2.75, 3.05) is 78.5 Å². The van der Waals surface area contributed by atoms with Gasteiger partial charge in [0.25, 0.3) is 0 Å². The number of halogens is 1. The maximum atomic E-state index is 6.43. The molecule has 25 rings (SSSR count). The zero-order valence-corrected chi connectivity index (χ0v) is 87.9. The Kier molecular flexibility index (Phi) is 29.8. The molecule has 0 spiro atoms. The van der Waals surface area contributed by atoms with Gasteiger partial charge in [0.1, 0.15) is 0 Å². The molecule has 6 saturated heterocycles. The van der Waals surface area contributed by atoms with Gasteiger partial charge in [-0.25, -0.2) is 0 Å². The van der Waals surface area contributed by atoms with Gasteiger partial charge < -0.3 is 0 Å². The van der Waals surface area contributed by atoms with Gasteiger partial charge in [0.05, 0.1) is 0 Å². The van der Waals surface area contributed by atoms with Crippen molar-refractivity contribution in [2.24, 2.45) is 32.5 Å². The van der Waals surface area contributed by atoms with E-state index in [-0.39, 0.29) is 0 Å². The van der Waals surface area contributed by atoms with Crippen LogP contribution in [-0.4, -0.2) is 108 Å². The second kappa shape index (κ2) is 42.8. The fourth-order valence-corrected chi connectivity index (χ4v) is 29.4. The molecule has 0 N–H and O–H groups in total. The van der Waals surface area contributed by atoms with E-state index >= 15 is 0 Å². The maximum Gasteiger partial charge on any atom is 0.0440 e. The van der Waals surface area contributed by atoms with E-state index < -0.39 is 0 Å². The lowest BCUT2D eigenvalue weighted by Gasteiger charge is -2.38. The van der Waals surface area contributed by atoms with E-state index in [4.69, 9.17) is 11.6 Å². The van der Waals surface area contributed by atoms with Crippen molar-refractivity contribution in [3.05, 3.63) is 449 Å². The topological polar surface area (TPSA) is 19.4 Å². The summed E-state index contributed by atoms with van der Waals surface area (Å²) in [5, 5.41) is 0.959. The Morgan fingerprint density at radius 1 is 0.268 bits per heavy atom. The van der Waals surface area contributed by atoms with Gasteiger partial charge in [-0.3, -0.25) is 29.4 Å². The molecule has 0 amide bonds. The van der Waals surface area contributed by atoms with Crippen LogP contribution in [0.5, 0.6) is 0 Å². The highest BCUT2D eigenvalue weighted by atomic mass is 35.5. The monoisotopic (exact) mass is 1900 g/mol. The molecule has 1 saturated carbocycles. The van der Waals surface area contributed by atoms with Crippen LogP contribution in [0.1, 0.15) is 290 Å². The SMILES string of the molecule is C/C=C\c1cccc2c1CC[C@@]1(C)CN(Cc3ccccc3)C[C@@H]21.C/C=C\c1cccc2c1CC[C@@]1(C)CN(Cc3ccccc3)C[C@H]21.C=C(C)c1cccc2c1CC[C@@]1(C)CN(Cc3ccccc3)C[C@@H]21.C=C(C)c1cccc2c1CC[C@@]1(C)CN(Cc3ccccc3)C[C@H]21.C[C@@]12CCc3c(C4CC4)cccc3[C@@H]1CN(Cc1ccccc1)C2.C[C@@]12CCc3c(Cl)cccc3[C@@H]1CN(Cc1ccccc1)C2. The van der Waals surface area contributed by atoms with E-state index in [0.717, 1.165) is 69.1 Å². The fourth-order valence-electron chi connectivity index (χ4n) is 29.1.